The first-order valence-corrected chi connectivity index (χ1v) is 5.87. The van der Waals surface area contributed by atoms with E-state index in [2.05, 4.69) is 5.32 Å². The van der Waals surface area contributed by atoms with Gasteiger partial charge in [0.2, 0.25) is 5.91 Å². The molecular formula is C11H18N2O5. The minimum absolute atomic E-state index is 0.104. The molecule has 7 heteroatoms. The monoisotopic (exact) mass is 258 g/mol. The lowest BCUT2D eigenvalue weighted by molar-refractivity contribution is -0.144. The van der Waals surface area contributed by atoms with E-state index in [-0.39, 0.29) is 19.1 Å². The first-order chi connectivity index (χ1) is 8.41. The van der Waals surface area contributed by atoms with E-state index in [1.54, 1.807) is 0 Å². The second kappa shape index (κ2) is 6.34. The number of imide groups is 1. The van der Waals surface area contributed by atoms with E-state index >= 15 is 0 Å². The molecule has 0 bridgehead atoms. The van der Waals surface area contributed by atoms with Gasteiger partial charge >= 0.3 is 12.0 Å². The average molecular weight is 258 g/mol. The van der Waals surface area contributed by atoms with Gasteiger partial charge in [0.15, 0.2) is 0 Å². The minimum Gasteiger partial charge on any atom is -0.480 e. The number of nitrogens with zero attached hydrogens (tertiary/aromatic N) is 1. The summed E-state index contributed by atoms with van der Waals surface area (Å²) in [5.41, 5.74) is 0. The van der Waals surface area contributed by atoms with Crippen LogP contribution in [0.3, 0.4) is 0 Å². The number of nitrogens with one attached hydrogen (secondary N) is 1. The molecular weight excluding hydrogens is 240 g/mol. The minimum atomic E-state index is -1.19. The quantitative estimate of drug-likeness (QED) is 0.663. The molecule has 1 saturated heterocycles. The largest absolute Gasteiger partial charge is 0.480 e. The number of ether oxygens (including phenoxy) is 1. The van der Waals surface area contributed by atoms with Crippen LogP contribution < -0.4 is 5.32 Å². The summed E-state index contributed by atoms with van der Waals surface area (Å²) < 4.78 is 5.30. The predicted molar refractivity (Wildman–Crippen MR) is 62.0 cm³/mol. The maximum atomic E-state index is 11.6. The zero-order valence-electron chi connectivity index (χ0n) is 10.5. The SMILES string of the molecule is CC(C)OCCCN1C(=O)C[C@@H](C(=O)O)NC1=O. The summed E-state index contributed by atoms with van der Waals surface area (Å²) in [7, 11) is 0. The fourth-order valence-electron chi connectivity index (χ4n) is 1.59. The molecule has 1 aliphatic heterocycles. The van der Waals surface area contributed by atoms with Crippen molar-refractivity contribution in [1.29, 1.82) is 0 Å². The van der Waals surface area contributed by atoms with Crippen LogP contribution in [0.25, 0.3) is 0 Å². The van der Waals surface area contributed by atoms with Crippen molar-refractivity contribution in [2.24, 2.45) is 0 Å². The highest BCUT2D eigenvalue weighted by molar-refractivity contribution is 6.01. The van der Waals surface area contributed by atoms with Crippen LogP contribution in [0.4, 0.5) is 4.79 Å². The van der Waals surface area contributed by atoms with E-state index in [4.69, 9.17) is 9.84 Å². The summed E-state index contributed by atoms with van der Waals surface area (Å²) in [5, 5.41) is 11.0. The molecule has 0 saturated carbocycles. The fourth-order valence-corrected chi connectivity index (χ4v) is 1.59. The molecule has 7 nitrogen and oxygen atoms in total. The van der Waals surface area contributed by atoms with Crippen LogP contribution in [-0.4, -0.2) is 53.2 Å². The number of carboxylic acids is 1. The van der Waals surface area contributed by atoms with Gasteiger partial charge in [-0.15, -0.1) is 0 Å². The maximum Gasteiger partial charge on any atom is 0.326 e. The first-order valence-electron chi connectivity index (χ1n) is 5.87. The topological polar surface area (TPSA) is 95.9 Å². The summed E-state index contributed by atoms with van der Waals surface area (Å²) in [4.78, 5) is 34.9. The van der Waals surface area contributed by atoms with Gasteiger partial charge < -0.3 is 15.2 Å². The van der Waals surface area contributed by atoms with Gasteiger partial charge in [0.1, 0.15) is 6.04 Å². The molecule has 1 fully saturated rings. The highest BCUT2D eigenvalue weighted by Gasteiger charge is 2.35. The Morgan fingerprint density at radius 1 is 1.56 bits per heavy atom. The number of rotatable bonds is 6. The molecule has 0 spiro atoms. The van der Waals surface area contributed by atoms with E-state index < -0.39 is 23.9 Å². The molecule has 1 heterocycles. The van der Waals surface area contributed by atoms with Gasteiger partial charge in [0.25, 0.3) is 0 Å². The molecule has 0 aromatic heterocycles. The second-order valence-electron chi connectivity index (χ2n) is 4.36. The lowest BCUT2D eigenvalue weighted by atomic mass is 10.1. The van der Waals surface area contributed by atoms with Gasteiger partial charge in [-0.05, 0) is 20.3 Å². The van der Waals surface area contributed by atoms with E-state index in [1.807, 2.05) is 13.8 Å². The molecule has 1 aliphatic rings. The van der Waals surface area contributed by atoms with Crippen molar-refractivity contribution in [1.82, 2.24) is 10.2 Å². The predicted octanol–water partition coefficient (Wildman–Crippen LogP) is 0.197. The summed E-state index contributed by atoms with van der Waals surface area (Å²) in [6.07, 6.45) is 0.438. The summed E-state index contributed by atoms with van der Waals surface area (Å²) >= 11 is 0. The molecule has 1 rings (SSSR count). The van der Waals surface area contributed by atoms with E-state index in [1.165, 1.54) is 0 Å². The van der Waals surface area contributed by atoms with Gasteiger partial charge in [-0.3, -0.25) is 9.69 Å². The number of carbonyl (C=O) groups is 3. The van der Waals surface area contributed by atoms with Crippen molar-refractivity contribution in [3.05, 3.63) is 0 Å². The molecule has 0 aromatic rings. The molecule has 1 atom stereocenters. The van der Waals surface area contributed by atoms with Gasteiger partial charge in [-0.2, -0.15) is 0 Å². The second-order valence-corrected chi connectivity index (χ2v) is 4.36. The molecule has 0 radical (unpaired) electrons. The lowest BCUT2D eigenvalue weighted by Gasteiger charge is -2.29. The van der Waals surface area contributed by atoms with Crippen LogP contribution in [0.5, 0.6) is 0 Å². The van der Waals surface area contributed by atoms with Crippen LogP contribution >= 0.6 is 0 Å². The third-order valence-electron chi connectivity index (χ3n) is 2.50. The van der Waals surface area contributed by atoms with Gasteiger partial charge in [-0.25, -0.2) is 9.59 Å². The zero-order chi connectivity index (χ0) is 13.7. The van der Waals surface area contributed by atoms with Crippen molar-refractivity contribution in [2.75, 3.05) is 13.2 Å². The number of hydrogen-bond acceptors (Lipinski definition) is 4. The number of aliphatic carboxylic acids is 1. The number of amides is 3. The number of urea groups is 1. The standard InChI is InChI=1S/C11H18N2O5/c1-7(2)18-5-3-4-13-9(14)6-8(10(15)16)12-11(13)17/h7-8H,3-6H2,1-2H3,(H,12,17)(H,15,16)/t8-/m0/s1. The van der Waals surface area contributed by atoms with Crippen molar-refractivity contribution in [3.8, 4) is 0 Å². The third kappa shape index (κ3) is 3.99. The molecule has 102 valence electrons. The molecule has 18 heavy (non-hydrogen) atoms. The molecule has 3 amide bonds. The Hall–Kier alpha value is -1.63. The molecule has 0 aliphatic carbocycles. The molecule has 0 aromatic carbocycles. The molecule has 0 unspecified atom stereocenters. The van der Waals surface area contributed by atoms with Crippen LogP contribution in [0.2, 0.25) is 0 Å². The Morgan fingerprint density at radius 3 is 2.72 bits per heavy atom. The van der Waals surface area contributed by atoms with E-state index in [0.717, 1.165) is 4.90 Å². The Labute approximate surface area is 105 Å². The average Bonchev–Trinajstić information content (AvgIpc) is 2.26. The summed E-state index contributed by atoms with van der Waals surface area (Å²) in [6, 6.07) is -1.77. The first kappa shape index (κ1) is 14.4. The zero-order valence-corrected chi connectivity index (χ0v) is 10.5. The van der Waals surface area contributed by atoms with Crippen molar-refractivity contribution in [3.63, 3.8) is 0 Å². The van der Waals surface area contributed by atoms with Gasteiger partial charge in [0, 0.05) is 13.2 Å². The lowest BCUT2D eigenvalue weighted by Crippen LogP contribution is -2.57. The molecule has 2 N–H and O–H groups in total. The van der Waals surface area contributed by atoms with Crippen molar-refractivity contribution >= 4 is 17.9 Å². The normalized spacial score (nSPS) is 20.2. The Kier molecular flexibility index (Phi) is 5.08. The highest BCUT2D eigenvalue weighted by Crippen LogP contribution is 2.08. The summed E-state index contributed by atoms with van der Waals surface area (Å²) in [5.74, 6) is -1.66. The third-order valence-corrected chi connectivity index (χ3v) is 2.50. The van der Waals surface area contributed by atoms with Crippen LogP contribution in [-0.2, 0) is 14.3 Å². The fraction of sp³-hybridized carbons (Fsp3) is 0.727. The van der Waals surface area contributed by atoms with E-state index in [9.17, 15) is 14.4 Å². The van der Waals surface area contributed by atoms with Crippen LogP contribution in [0, 0.1) is 0 Å². The number of hydrogen-bond donors (Lipinski definition) is 2. The maximum absolute atomic E-state index is 11.6. The smallest absolute Gasteiger partial charge is 0.326 e. The summed E-state index contributed by atoms with van der Waals surface area (Å²) in [6.45, 7) is 4.49. The van der Waals surface area contributed by atoms with Crippen LogP contribution in [0.15, 0.2) is 0 Å². The van der Waals surface area contributed by atoms with Crippen LogP contribution in [0.1, 0.15) is 26.7 Å². The van der Waals surface area contributed by atoms with E-state index in [0.29, 0.717) is 13.0 Å². The van der Waals surface area contributed by atoms with Gasteiger partial charge in [0.05, 0.1) is 12.5 Å². The van der Waals surface area contributed by atoms with Gasteiger partial charge in [-0.1, -0.05) is 0 Å². The highest BCUT2D eigenvalue weighted by atomic mass is 16.5. The number of carboxylic acid groups (broad SMARTS) is 1. The Morgan fingerprint density at radius 2 is 2.22 bits per heavy atom. The number of carbonyl (C=O) groups excluding carboxylic acids is 2. The van der Waals surface area contributed by atoms with Crippen molar-refractivity contribution in [2.45, 2.75) is 38.8 Å². The Bertz CT molecular complexity index is 324. The van der Waals surface area contributed by atoms with Crippen molar-refractivity contribution < 1.29 is 24.2 Å². The Balaban J connectivity index is 2.40.